The highest BCUT2D eigenvalue weighted by Crippen LogP contribution is 2.14. The molecule has 0 N–H and O–H groups in total. The van der Waals surface area contributed by atoms with Crippen LogP contribution in [-0.4, -0.2) is 15.6 Å². The van der Waals surface area contributed by atoms with Crippen LogP contribution in [0.3, 0.4) is 0 Å². The Morgan fingerprint density at radius 3 is 2.65 bits per heavy atom. The van der Waals surface area contributed by atoms with Crippen LogP contribution in [0.4, 0.5) is 0 Å². The Hall–Kier alpha value is -1.42. The van der Waals surface area contributed by atoms with Crippen molar-refractivity contribution in [3.8, 4) is 0 Å². The van der Waals surface area contributed by atoms with Gasteiger partial charge in [-0.25, -0.2) is 0 Å². The van der Waals surface area contributed by atoms with Crippen LogP contribution in [0.2, 0.25) is 0 Å². The first kappa shape index (κ1) is 12.0. The van der Waals surface area contributed by atoms with Crippen molar-refractivity contribution in [1.82, 2.24) is 9.78 Å². The fourth-order valence-corrected chi connectivity index (χ4v) is 1.86. The van der Waals surface area contributed by atoms with Gasteiger partial charge in [-0.15, -0.1) is 0 Å². The highest BCUT2D eigenvalue weighted by molar-refractivity contribution is 9.10. The van der Waals surface area contributed by atoms with Crippen LogP contribution in [0, 0.1) is 0 Å². The van der Waals surface area contributed by atoms with Crippen LogP contribution < -0.4 is 0 Å². The molecule has 88 valence electrons. The summed E-state index contributed by atoms with van der Waals surface area (Å²) in [6.45, 7) is 2.92. The fraction of sp³-hybridized carbons (Fsp3) is 0.231. The molecule has 1 heterocycles. The van der Waals surface area contributed by atoms with E-state index < -0.39 is 0 Å². The first-order chi connectivity index (χ1) is 8.20. The predicted molar refractivity (Wildman–Crippen MR) is 70.1 cm³/mol. The zero-order valence-corrected chi connectivity index (χ0v) is 11.1. The highest BCUT2D eigenvalue weighted by atomic mass is 79.9. The van der Waals surface area contributed by atoms with Crippen LogP contribution in [0.15, 0.2) is 41.1 Å². The van der Waals surface area contributed by atoms with Crippen molar-refractivity contribution in [2.75, 3.05) is 0 Å². The molecule has 0 aliphatic rings. The van der Waals surface area contributed by atoms with Crippen molar-refractivity contribution in [3.05, 3.63) is 52.3 Å². The minimum atomic E-state index is 0.0138. The predicted octanol–water partition coefficient (Wildman–Crippen LogP) is 3.29. The maximum Gasteiger partial charge on any atom is 0.196 e. The van der Waals surface area contributed by atoms with E-state index in [1.807, 2.05) is 24.3 Å². The lowest BCUT2D eigenvalue weighted by molar-refractivity contribution is 0.103. The first-order valence-corrected chi connectivity index (χ1v) is 6.32. The Balaban J connectivity index is 2.21. The van der Waals surface area contributed by atoms with Crippen molar-refractivity contribution < 1.29 is 4.79 Å². The minimum Gasteiger partial charge on any atom is -0.288 e. The molecule has 3 nitrogen and oxygen atoms in total. The molecule has 0 aliphatic heterocycles. The van der Waals surface area contributed by atoms with E-state index in [1.165, 1.54) is 0 Å². The van der Waals surface area contributed by atoms with Crippen LogP contribution in [-0.2, 0) is 6.54 Å². The van der Waals surface area contributed by atoms with Crippen LogP contribution in [0.5, 0.6) is 0 Å². The van der Waals surface area contributed by atoms with Crippen LogP contribution in [0.1, 0.15) is 29.3 Å². The molecule has 0 saturated heterocycles. The van der Waals surface area contributed by atoms with E-state index in [0.29, 0.717) is 11.1 Å². The Morgan fingerprint density at radius 2 is 2.00 bits per heavy atom. The molecule has 0 unspecified atom stereocenters. The maximum atomic E-state index is 12.1. The Morgan fingerprint density at radius 1 is 1.29 bits per heavy atom. The van der Waals surface area contributed by atoms with E-state index in [-0.39, 0.29) is 5.78 Å². The molecule has 0 spiro atoms. The van der Waals surface area contributed by atoms with E-state index in [0.717, 1.165) is 17.4 Å². The monoisotopic (exact) mass is 292 g/mol. The van der Waals surface area contributed by atoms with Gasteiger partial charge in [0.15, 0.2) is 5.78 Å². The number of benzene rings is 1. The third kappa shape index (κ3) is 2.82. The molecule has 0 aliphatic carbocycles. The van der Waals surface area contributed by atoms with E-state index in [9.17, 15) is 4.79 Å². The summed E-state index contributed by atoms with van der Waals surface area (Å²) in [5.41, 5.74) is 1.32. The fourth-order valence-electron chi connectivity index (χ4n) is 1.60. The van der Waals surface area contributed by atoms with Gasteiger partial charge in [-0.2, -0.15) is 5.10 Å². The number of hydrogen-bond acceptors (Lipinski definition) is 2. The number of carbonyl (C=O) groups is 1. The van der Waals surface area contributed by atoms with Gasteiger partial charge in [0.05, 0.1) is 11.8 Å². The summed E-state index contributed by atoms with van der Waals surface area (Å²) in [5, 5.41) is 4.16. The molecule has 1 aromatic carbocycles. The molecule has 0 atom stereocenters. The van der Waals surface area contributed by atoms with E-state index >= 15 is 0 Å². The summed E-state index contributed by atoms with van der Waals surface area (Å²) in [5.74, 6) is 0.0138. The number of ketones is 1. The molecule has 0 radical (unpaired) electrons. The second-order valence-corrected chi connectivity index (χ2v) is 4.74. The van der Waals surface area contributed by atoms with Crippen molar-refractivity contribution in [2.45, 2.75) is 19.9 Å². The number of carbonyl (C=O) groups excluding carboxylic acids is 1. The van der Waals surface area contributed by atoms with Gasteiger partial charge >= 0.3 is 0 Å². The van der Waals surface area contributed by atoms with Crippen molar-refractivity contribution >= 4 is 21.7 Å². The zero-order valence-electron chi connectivity index (χ0n) is 9.56. The molecule has 0 amide bonds. The second-order valence-electron chi connectivity index (χ2n) is 3.83. The van der Waals surface area contributed by atoms with E-state index in [4.69, 9.17) is 0 Å². The molecule has 1 aromatic heterocycles. The Bertz CT molecular complexity index is 516. The lowest BCUT2D eigenvalue weighted by Gasteiger charge is -1.98. The number of aryl methyl sites for hydroxylation is 1. The number of rotatable bonds is 4. The van der Waals surface area contributed by atoms with Crippen molar-refractivity contribution in [2.24, 2.45) is 0 Å². The molecule has 2 aromatic rings. The Kier molecular flexibility index (Phi) is 3.74. The zero-order chi connectivity index (χ0) is 12.3. The molecular formula is C13H13BrN2O. The lowest BCUT2D eigenvalue weighted by atomic mass is 10.1. The Labute approximate surface area is 109 Å². The third-order valence-corrected chi connectivity index (χ3v) is 2.98. The summed E-state index contributed by atoms with van der Waals surface area (Å²) in [7, 11) is 0. The average Bonchev–Trinajstić information content (AvgIpc) is 2.78. The maximum absolute atomic E-state index is 12.1. The standard InChI is InChI=1S/C13H13BrN2O/c1-2-7-16-9-11(8-15-16)13(17)10-3-5-12(14)6-4-10/h3-6,8-9H,2,7H2,1H3. The van der Waals surface area contributed by atoms with Gasteiger partial charge in [0.2, 0.25) is 0 Å². The molecular weight excluding hydrogens is 280 g/mol. The summed E-state index contributed by atoms with van der Waals surface area (Å²) in [4.78, 5) is 12.1. The van der Waals surface area contributed by atoms with Gasteiger partial charge < -0.3 is 0 Å². The highest BCUT2D eigenvalue weighted by Gasteiger charge is 2.10. The summed E-state index contributed by atoms with van der Waals surface area (Å²) >= 11 is 3.35. The van der Waals surface area contributed by atoms with Gasteiger partial charge in [0.1, 0.15) is 0 Å². The average molecular weight is 293 g/mol. The smallest absolute Gasteiger partial charge is 0.196 e. The molecule has 0 saturated carbocycles. The SMILES string of the molecule is CCCn1cc(C(=O)c2ccc(Br)cc2)cn1. The van der Waals surface area contributed by atoms with Crippen LogP contribution in [0.25, 0.3) is 0 Å². The summed E-state index contributed by atoms with van der Waals surface area (Å²) in [6, 6.07) is 7.35. The summed E-state index contributed by atoms with van der Waals surface area (Å²) < 4.78 is 2.77. The number of aromatic nitrogens is 2. The largest absolute Gasteiger partial charge is 0.288 e. The normalized spacial score (nSPS) is 10.5. The number of nitrogens with zero attached hydrogens (tertiary/aromatic N) is 2. The quantitative estimate of drug-likeness (QED) is 0.811. The van der Waals surface area contributed by atoms with Gasteiger partial charge in [-0.3, -0.25) is 9.48 Å². The third-order valence-electron chi connectivity index (χ3n) is 2.45. The topological polar surface area (TPSA) is 34.9 Å². The van der Waals surface area contributed by atoms with E-state index in [1.54, 1.807) is 17.1 Å². The van der Waals surface area contributed by atoms with Crippen LogP contribution >= 0.6 is 15.9 Å². The first-order valence-electron chi connectivity index (χ1n) is 5.53. The molecule has 0 fully saturated rings. The van der Waals surface area contributed by atoms with Gasteiger partial charge in [0, 0.05) is 22.8 Å². The van der Waals surface area contributed by atoms with Crippen molar-refractivity contribution in [1.29, 1.82) is 0 Å². The second kappa shape index (κ2) is 5.27. The molecule has 2 rings (SSSR count). The summed E-state index contributed by atoms with van der Waals surface area (Å²) in [6.07, 6.45) is 4.43. The van der Waals surface area contributed by atoms with Gasteiger partial charge in [-0.05, 0) is 30.7 Å². The molecule has 17 heavy (non-hydrogen) atoms. The van der Waals surface area contributed by atoms with E-state index in [2.05, 4.69) is 28.0 Å². The number of hydrogen-bond donors (Lipinski definition) is 0. The van der Waals surface area contributed by atoms with Crippen molar-refractivity contribution in [3.63, 3.8) is 0 Å². The minimum absolute atomic E-state index is 0.0138. The van der Waals surface area contributed by atoms with Gasteiger partial charge in [-0.1, -0.05) is 22.9 Å². The molecule has 4 heteroatoms. The number of halogens is 1. The lowest BCUT2D eigenvalue weighted by Crippen LogP contribution is -2.00. The molecule has 0 bridgehead atoms. The van der Waals surface area contributed by atoms with Gasteiger partial charge in [0.25, 0.3) is 0 Å².